The van der Waals surface area contributed by atoms with Gasteiger partial charge in [-0.05, 0) is 123 Å². The summed E-state index contributed by atoms with van der Waals surface area (Å²) in [5.41, 5.74) is 15.3. The molecule has 1 aromatic heterocycles. The molecule has 0 aliphatic heterocycles. The number of benzene rings is 9. The van der Waals surface area contributed by atoms with E-state index >= 15 is 0 Å². The minimum absolute atomic E-state index is 0.716. The summed E-state index contributed by atoms with van der Waals surface area (Å²) in [5, 5.41) is 3.56. The molecule has 58 heavy (non-hydrogen) atoms. The predicted molar refractivity (Wildman–Crippen MR) is 239 cm³/mol. The van der Waals surface area contributed by atoms with Crippen molar-refractivity contribution in [1.29, 1.82) is 0 Å². The maximum Gasteiger partial charge on any atom is 0.135 e. The van der Waals surface area contributed by atoms with Crippen LogP contribution in [-0.2, 0) is 5.41 Å². The minimum atomic E-state index is -0.716. The van der Waals surface area contributed by atoms with E-state index < -0.39 is 5.41 Å². The Morgan fingerprint density at radius 1 is 0.328 bits per heavy atom. The number of furan rings is 1. The molecule has 1 atom stereocenters. The van der Waals surface area contributed by atoms with Gasteiger partial charge in [0.25, 0.3) is 0 Å². The molecule has 3 heteroatoms. The van der Waals surface area contributed by atoms with Gasteiger partial charge >= 0.3 is 0 Å². The van der Waals surface area contributed by atoms with E-state index in [9.17, 15) is 0 Å². The van der Waals surface area contributed by atoms with E-state index in [4.69, 9.17) is 4.42 Å². The average molecular weight is 741 g/mol. The molecule has 1 heterocycles. The fourth-order valence-corrected chi connectivity index (χ4v) is 9.78. The zero-order valence-corrected chi connectivity index (χ0v) is 31.6. The number of anilines is 6. The molecule has 0 amide bonds. The Bertz CT molecular complexity index is 3150. The summed E-state index contributed by atoms with van der Waals surface area (Å²) in [6.45, 7) is 0. The third kappa shape index (κ3) is 4.68. The van der Waals surface area contributed by atoms with Crippen molar-refractivity contribution in [2.75, 3.05) is 9.80 Å². The maximum atomic E-state index is 7.20. The molecule has 0 bridgehead atoms. The number of para-hydroxylation sites is 4. The van der Waals surface area contributed by atoms with Crippen LogP contribution in [0, 0.1) is 0 Å². The summed E-state index contributed by atoms with van der Waals surface area (Å²) in [7, 11) is 0. The van der Waals surface area contributed by atoms with Crippen molar-refractivity contribution in [3.63, 3.8) is 0 Å². The second-order valence-electron chi connectivity index (χ2n) is 15.3. The molecule has 0 saturated carbocycles. The van der Waals surface area contributed by atoms with Crippen LogP contribution in [0.2, 0.25) is 0 Å². The van der Waals surface area contributed by atoms with Crippen molar-refractivity contribution in [1.82, 2.24) is 0 Å². The van der Waals surface area contributed by atoms with E-state index in [2.05, 4.69) is 228 Å². The summed E-state index contributed by atoms with van der Waals surface area (Å²) in [6.07, 6.45) is 0. The predicted octanol–water partition coefficient (Wildman–Crippen LogP) is 14.9. The van der Waals surface area contributed by atoms with E-state index in [1.54, 1.807) is 0 Å². The van der Waals surface area contributed by atoms with Crippen molar-refractivity contribution in [2.45, 2.75) is 5.41 Å². The van der Waals surface area contributed by atoms with Gasteiger partial charge < -0.3 is 14.2 Å². The molecule has 0 radical (unpaired) electrons. The van der Waals surface area contributed by atoms with Crippen molar-refractivity contribution >= 4 is 55.9 Å². The van der Waals surface area contributed by atoms with Crippen LogP contribution in [0.15, 0.2) is 223 Å². The van der Waals surface area contributed by atoms with E-state index in [-0.39, 0.29) is 0 Å². The van der Waals surface area contributed by atoms with Gasteiger partial charge in [-0.25, -0.2) is 0 Å². The van der Waals surface area contributed by atoms with Crippen molar-refractivity contribution in [3.8, 4) is 22.3 Å². The zero-order chi connectivity index (χ0) is 38.2. The van der Waals surface area contributed by atoms with Gasteiger partial charge in [-0.1, -0.05) is 140 Å². The normalized spacial score (nSPS) is 14.6. The van der Waals surface area contributed by atoms with Gasteiger partial charge in [0.15, 0.2) is 0 Å². The highest BCUT2D eigenvalue weighted by atomic mass is 16.3. The molecule has 10 aromatic rings. The molecular weight excluding hydrogens is 705 g/mol. The first-order chi connectivity index (χ1) is 28.8. The molecule has 272 valence electrons. The van der Waals surface area contributed by atoms with Gasteiger partial charge in [-0.15, -0.1) is 0 Å². The smallest absolute Gasteiger partial charge is 0.135 e. The third-order valence-electron chi connectivity index (χ3n) is 12.2. The van der Waals surface area contributed by atoms with Crippen LogP contribution in [0.1, 0.15) is 22.5 Å². The van der Waals surface area contributed by atoms with Crippen molar-refractivity contribution in [3.05, 3.63) is 241 Å². The van der Waals surface area contributed by atoms with Gasteiger partial charge in [0, 0.05) is 45.1 Å². The number of rotatable bonds is 6. The molecule has 2 aliphatic carbocycles. The van der Waals surface area contributed by atoms with Crippen LogP contribution in [-0.4, -0.2) is 0 Å². The maximum absolute atomic E-state index is 7.20. The van der Waals surface area contributed by atoms with Gasteiger partial charge in [-0.3, -0.25) is 0 Å². The van der Waals surface area contributed by atoms with Gasteiger partial charge in [0.2, 0.25) is 0 Å². The highest BCUT2D eigenvalue weighted by molar-refractivity contribution is 6.05. The van der Waals surface area contributed by atoms with Crippen LogP contribution in [0.5, 0.6) is 0 Å². The van der Waals surface area contributed by atoms with Crippen LogP contribution in [0.3, 0.4) is 0 Å². The van der Waals surface area contributed by atoms with Crippen LogP contribution < -0.4 is 9.80 Å². The molecule has 0 N–H and O–H groups in total. The van der Waals surface area contributed by atoms with E-state index in [0.29, 0.717) is 0 Å². The molecule has 0 saturated heterocycles. The highest BCUT2D eigenvalue weighted by Gasteiger charge is 2.55. The number of hydrogen-bond donors (Lipinski definition) is 0. The second-order valence-corrected chi connectivity index (χ2v) is 15.3. The number of nitrogens with zero attached hydrogens (tertiary/aromatic N) is 2. The lowest BCUT2D eigenvalue weighted by molar-refractivity contribution is 0.507. The van der Waals surface area contributed by atoms with Crippen molar-refractivity contribution in [2.24, 2.45) is 0 Å². The Morgan fingerprint density at radius 3 is 1.50 bits per heavy atom. The summed E-state index contributed by atoms with van der Waals surface area (Å²) >= 11 is 0. The van der Waals surface area contributed by atoms with Crippen molar-refractivity contribution < 1.29 is 4.42 Å². The van der Waals surface area contributed by atoms with E-state index in [0.717, 1.165) is 50.9 Å². The lowest BCUT2D eigenvalue weighted by Crippen LogP contribution is -2.26. The Morgan fingerprint density at radius 2 is 0.810 bits per heavy atom. The highest BCUT2D eigenvalue weighted by Crippen LogP contribution is 2.65. The van der Waals surface area contributed by atoms with Crippen LogP contribution >= 0.6 is 0 Å². The molecule has 2 aliphatic rings. The molecular formula is C55H36N2O. The fourth-order valence-electron chi connectivity index (χ4n) is 9.78. The first-order valence-corrected chi connectivity index (χ1v) is 19.9. The Balaban J connectivity index is 1.15. The fraction of sp³-hybridized carbons (Fsp3) is 0.0182. The molecule has 9 aromatic carbocycles. The molecule has 1 unspecified atom stereocenters. The molecule has 0 fully saturated rings. The Hall–Kier alpha value is -7.62. The largest absolute Gasteiger partial charge is 0.459 e. The van der Waals surface area contributed by atoms with E-state index in [1.165, 1.54) is 49.7 Å². The van der Waals surface area contributed by atoms with Crippen LogP contribution in [0.25, 0.3) is 44.0 Å². The quantitative estimate of drug-likeness (QED) is 0.169. The zero-order valence-electron chi connectivity index (χ0n) is 31.6. The van der Waals surface area contributed by atoms with E-state index in [1.807, 2.05) is 0 Å². The third-order valence-corrected chi connectivity index (χ3v) is 12.2. The monoisotopic (exact) mass is 740 g/mol. The lowest BCUT2D eigenvalue weighted by atomic mass is 9.73. The standard InChI is InChI=1S/C55H36N2O/c1-4-18-39(19-5-1)56(40-20-6-2-7-21-40)43-31-33-47-51(36-43)55(54-53(47)48-25-13-15-27-52(48)58-54)49-26-14-12-24-45(49)46-32-30-44(35-50(46)55)57(41-22-8-3-9-23-41)42-29-28-37-16-10-11-17-38(37)34-42/h1-36H. The second kappa shape index (κ2) is 12.7. The first-order valence-electron chi connectivity index (χ1n) is 19.9. The Kier molecular flexibility index (Phi) is 7.14. The topological polar surface area (TPSA) is 19.6 Å². The SMILES string of the molecule is c1ccc(N(c2ccccc2)c2ccc3c(c2)C2(c4ccccc4-c4ccc(N(c5ccccc5)c5ccc6ccccc6c5)cc42)c2oc4ccccc4c2-3)cc1. The summed E-state index contributed by atoms with van der Waals surface area (Å²) in [5.74, 6) is 0.979. The number of fused-ring (bicyclic) bond motifs is 13. The number of hydrogen-bond acceptors (Lipinski definition) is 3. The summed E-state index contributed by atoms with van der Waals surface area (Å²) < 4.78 is 7.20. The molecule has 3 nitrogen and oxygen atoms in total. The van der Waals surface area contributed by atoms with Gasteiger partial charge in [-0.2, -0.15) is 0 Å². The Labute approximate surface area is 337 Å². The minimum Gasteiger partial charge on any atom is -0.459 e. The summed E-state index contributed by atoms with van der Waals surface area (Å²) in [4.78, 5) is 4.75. The summed E-state index contributed by atoms with van der Waals surface area (Å²) in [6, 6.07) is 79.0. The lowest BCUT2D eigenvalue weighted by Gasteiger charge is -2.32. The first kappa shape index (κ1) is 32.6. The average Bonchev–Trinajstić information content (AvgIpc) is 3.91. The molecule has 1 spiro atoms. The van der Waals surface area contributed by atoms with Gasteiger partial charge in [0.05, 0.1) is 0 Å². The van der Waals surface area contributed by atoms with Gasteiger partial charge in [0.1, 0.15) is 16.8 Å². The van der Waals surface area contributed by atoms with Crippen LogP contribution in [0.4, 0.5) is 34.1 Å². The molecule has 12 rings (SSSR count).